The van der Waals surface area contributed by atoms with Gasteiger partial charge in [-0.3, -0.25) is 4.79 Å². The molecule has 0 saturated carbocycles. The molecule has 6 heteroatoms. The number of hydrogen-bond donors (Lipinski definition) is 4. The molecular formula is C14H12N2O4. The van der Waals surface area contributed by atoms with Crippen LogP contribution in [0.25, 0.3) is 0 Å². The summed E-state index contributed by atoms with van der Waals surface area (Å²) in [7, 11) is 0. The number of nitrogens with zero attached hydrogens (tertiary/aromatic N) is 1. The van der Waals surface area contributed by atoms with Gasteiger partial charge in [-0.25, -0.2) is 5.43 Å². The molecule has 20 heavy (non-hydrogen) atoms. The fourth-order valence-corrected chi connectivity index (χ4v) is 1.56. The summed E-state index contributed by atoms with van der Waals surface area (Å²) < 4.78 is 0. The van der Waals surface area contributed by atoms with Crippen molar-refractivity contribution in [2.75, 3.05) is 0 Å². The maximum atomic E-state index is 11.7. The van der Waals surface area contributed by atoms with E-state index < -0.39 is 5.91 Å². The van der Waals surface area contributed by atoms with Crippen LogP contribution in [0.2, 0.25) is 0 Å². The topological polar surface area (TPSA) is 102 Å². The van der Waals surface area contributed by atoms with Gasteiger partial charge >= 0.3 is 0 Å². The van der Waals surface area contributed by atoms with Gasteiger partial charge in [0.1, 0.15) is 17.2 Å². The molecule has 0 bridgehead atoms. The molecule has 0 aliphatic rings. The first-order valence-corrected chi connectivity index (χ1v) is 5.70. The molecule has 0 aromatic heterocycles. The van der Waals surface area contributed by atoms with Crippen LogP contribution in [0.4, 0.5) is 0 Å². The quantitative estimate of drug-likeness (QED) is 0.503. The third-order valence-corrected chi connectivity index (χ3v) is 2.41. The molecule has 2 aromatic carbocycles. The van der Waals surface area contributed by atoms with Crippen molar-refractivity contribution in [2.45, 2.75) is 0 Å². The van der Waals surface area contributed by atoms with Crippen molar-refractivity contribution in [1.29, 1.82) is 0 Å². The first kappa shape index (κ1) is 13.4. The van der Waals surface area contributed by atoms with Gasteiger partial charge in [0.2, 0.25) is 0 Å². The highest BCUT2D eigenvalue weighted by Gasteiger charge is 2.07. The number of aromatic hydroxyl groups is 3. The number of carbonyl (C=O) groups is 1. The van der Waals surface area contributed by atoms with Crippen molar-refractivity contribution in [3.05, 3.63) is 53.6 Å². The molecule has 0 heterocycles. The van der Waals surface area contributed by atoms with Gasteiger partial charge in [-0.15, -0.1) is 0 Å². The lowest BCUT2D eigenvalue weighted by atomic mass is 10.2. The van der Waals surface area contributed by atoms with Gasteiger partial charge in [-0.1, -0.05) is 12.1 Å². The molecule has 0 unspecified atom stereocenters. The molecule has 0 spiro atoms. The van der Waals surface area contributed by atoms with Crippen LogP contribution in [-0.4, -0.2) is 27.4 Å². The molecule has 6 nitrogen and oxygen atoms in total. The third-order valence-electron chi connectivity index (χ3n) is 2.41. The first-order chi connectivity index (χ1) is 9.54. The number of amides is 1. The minimum atomic E-state index is -0.576. The van der Waals surface area contributed by atoms with Crippen molar-refractivity contribution in [1.82, 2.24) is 5.43 Å². The van der Waals surface area contributed by atoms with Gasteiger partial charge in [0.25, 0.3) is 5.91 Å². The fraction of sp³-hybridized carbons (Fsp3) is 0. The molecule has 0 atom stereocenters. The van der Waals surface area contributed by atoms with Crippen LogP contribution in [0.1, 0.15) is 15.9 Å². The second-order valence-electron chi connectivity index (χ2n) is 4.03. The van der Waals surface area contributed by atoms with Crippen molar-refractivity contribution < 1.29 is 20.1 Å². The highest BCUT2D eigenvalue weighted by Crippen LogP contribution is 2.20. The molecule has 0 aliphatic carbocycles. The van der Waals surface area contributed by atoms with E-state index in [0.29, 0.717) is 5.56 Å². The number of nitrogens with one attached hydrogen (secondary N) is 1. The lowest BCUT2D eigenvalue weighted by Crippen LogP contribution is -2.17. The van der Waals surface area contributed by atoms with Crippen molar-refractivity contribution in [2.24, 2.45) is 5.10 Å². The summed E-state index contributed by atoms with van der Waals surface area (Å²) in [5.41, 5.74) is 2.94. The van der Waals surface area contributed by atoms with Crippen LogP contribution in [0.3, 0.4) is 0 Å². The van der Waals surface area contributed by atoms with Gasteiger partial charge in [0.15, 0.2) is 0 Å². The number of hydrazone groups is 1. The molecule has 0 fully saturated rings. The second kappa shape index (κ2) is 5.75. The molecule has 2 aromatic rings. The second-order valence-corrected chi connectivity index (χ2v) is 4.03. The Bertz CT molecular complexity index is 648. The lowest BCUT2D eigenvalue weighted by molar-refractivity contribution is 0.0954. The van der Waals surface area contributed by atoms with E-state index in [1.54, 1.807) is 12.1 Å². The Labute approximate surface area is 114 Å². The predicted octanol–water partition coefficient (Wildman–Crippen LogP) is 1.57. The van der Waals surface area contributed by atoms with Gasteiger partial charge in [-0.05, 0) is 29.8 Å². The number of phenolic OH excluding ortho intramolecular Hbond substituents is 3. The SMILES string of the molecule is O=C(NN=Cc1cccc(O)c1)c1cc(O)cc(O)c1. The zero-order valence-electron chi connectivity index (χ0n) is 10.3. The summed E-state index contributed by atoms with van der Waals surface area (Å²) in [6.07, 6.45) is 1.36. The summed E-state index contributed by atoms with van der Waals surface area (Å²) in [4.78, 5) is 11.7. The van der Waals surface area contributed by atoms with Gasteiger partial charge in [-0.2, -0.15) is 5.10 Å². The summed E-state index contributed by atoms with van der Waals surface area (Å²) >= 11 is 0. The van der Waals surface area contributed by atoms with Gasteiger partial charge in [0.05, 0.1) is 6.21 Å². The zero-order chi connectivity index (χ0) is 14.5. The van der Waals surface area contributed by atoms with Crippen molar-refractivity contribution in [3.63, 3.8) is 0 Å². The normalized spacial score (nSPS) is 10.6. The Kier molecular flexibility index (Phi) is 3.85. The molecule has 102 valence electrons. The van der Waals surface area contributed by atoms with E-state index in [4.69, 9.17) is 0 Å². The summed E-state index contributed by atoms with van der Waals surface area (Å²) in [5.74, 6) is -0.912. The molecule has 1 amide bonds. The van der Waals surface area contributed by atoms with E-state index in [1.165, 1.54) is 30.5 Å². The Morgan fingerprint density at radius 3 is 2.35 bits per heavy atom. The van der Waals surface area contributed by atoms with Gasteiger partial charge in [0, 0.05) is 11.6 Å². The van der Waals surface area contributed by atoms with E-state index in [2.05, 4.69) is 10.5 Å². The van der Waals surface area contributed by atoms with Crippen LogP contribution in [0.15, 0.2) is 47.6 Å². The summed E-state index contributed by atoms with van der Waals surface area (Å²) in [5, 5.41) is 31.5. The largest absolute Gasteiger partial charge is 0.508 e. The molecule has 0 saturated heterocycles. The number of carbonyl (C=O) groups excluding carboxylic acids is 1. The molecule has 2 rings (SSSR count). The minimum absolute atomic E-state index is 0.0792. The number of phenols is 3. The van der Waals surface area contributed by atoms with Crippen LogP contribution in [0.5, 0.6) is 17.2 Å². The number of hydrogen-bond acceptors (Lipinski definition) is 5. The van der Waals surface area contributed by atoms with E-state index in [-0.39, 0.29) is 22.8 Å². The van der Waals surface area contributed by atoms with E-state index >= 15 is 0 Å². The summed E-state index contributed by atoms with van der Waals surface area (Å²) in [6.45, 7) is 0. The maximum absolute atomic E-state index is 11.7. The Morgan fingerprint density at radius 2 is 1.70 bits per heavy atom. The Morgan fingerprint density at radius 1 is 1.00 bits per heavy atom. The molecule has 0 aliphatic heterocycles. The highest BCUT2D eigenvalue weighted by molar-refractivity contribution is 5.95. The lowest BCUT2D eigenvalue weighted by Gasteiger charge is -2.02. The van der Waals surface area contributed by atoms with E-state index in [0.717, 1.165) is 6.07 Å². The third kappa shape index (κ3) is 3.49. The monoisotopic (exact) mass is 272 g/mol. The predicted molar refractivity (Wildman–Crippen MR) is 72.9 cm³/mol. The van der Waals surface area contributed by atoms with Gasteiger partial charge < -0.3 is 15.3 Å². The smallest absolute Gasteiger partial charge is 0.271 e. The van der Waals surface area contributed by atoms with Crippen LogP contribution < -0.4 is 5.43 Å². The molecule has 4 N–H and O–H groups in total. The van der Waals surface area contributed by atoms with E-state index in [1.807, 2.05) is 0 Å². The highest BCUT2D eigenvalue weighted by atomic mass is 16.3. The minimum Gasteiger partial charge on any atom is -0.508 e. The maximum Gasteiger partial charge on any atom is 0.271 e. The molecular weight excluding hydrogens is 260 g/mol. The van der Waals surface area contributed by atoms with Crippen LogP contribution >= 0.6 is 0 Å². The Hall–Kier alpha value is -3.02. The van der Waals surface area contributed by atoms with Crippen molar-refractivity contribution >= 4 is 12.1 Å². The standard InChI is InChI=1S/C14H12N2O4/c17-11-3-1-2-9(4-11)8-15-16-14(20)10-5-12(18)7-13(19)6-10/h1-8,17-19H,(H,16,20). The average molecular weight is 272 g/mol. The Balaban J connectivity index is 2.05. The fourth-order valence-electron chi connectivity index (χ4n) is 1.56. The van der Waals surface area contributed by atoms with Crippen LogP contribution in [0, 0.1) is 0 Å². The summed E-state index contributed by atoms with van der Waals surface area (Å²) in [6, 6.07) is 9.88. The van der Waals surface area contributed by atoms with Crippen LogP contribution in [-0.2, 0) is 0 Å². The molecule has 0 radical (unpaired) electrons. The first-order valence-electron chi connectivity index (χ1n) is 5.70. The average Bonchev–Trinajstić information content (AvgIpc) is 2.37. The van der Waals surface area contributed by atoms with E-state index in [9.17, 15) is 20.1 Å². The van der Waals surface area contributed by atoms with Crippen molar-refractivity contribution in [3.8, 4) is 17.2 Å². The number of benzene rings is 2. The number of rotatable bonds is 3. The zero-order valence-corrected chi connectivity index (χ0v) is 10.3.